The topological polar surface area (TPSA) is 33.7 Å². The summed E-state index contributed by atoms with van der Waals surface area (Å²) in [5.74, 6) is 2.37. The summed E-state index contributed by atoms with van der Waals surface area (Å²) in [6.07, 6.45) is 0. The van der Waals surface area contributed by atoms with Crippen molar-refractivity contribution in [2.24, 2.45) is 5.92 Å². The van der Waals surface area contributed by atoms with Crippen LogP contribution >= 0.6 is 0 Å². The summed E-state index contributed by atoms with van der Waals surface area (Å²) in [6.45, 7) is 11.5. The number of likely N-dealkylation sites (N-methyl/N-ethyl adjacent to an activating group) is 1. The van der Waals surface area contributed by atoms with Crippen molar-refractivity contribution in [3.63, 3.8) is 0 Å². The molecule has 118 valence electrons. The van der Waals surface area contributed by atoms with Crippen molar-refractivity contribution in [2.45, 2.75) is 39.8 Å². The molecule has 4 nitrogen and oxygen atoms in total. The Balaban J connectivity index is 2.11. The standard InChI is InChI=1S/C17H28N2O2/c1-12(2)9-19(13(3)4)10-15(18-5)14-6-7-16-17(8-14)21-11-20-16/h6-8,12-13,15,18H,9-11H2,1-5H3. The lowest BCUT2D eigenvalue weighted by Gasteiger charge is -2.32. The third kappa shape index (κ3) is 4.11. The van der Waals surface area contributed by atoms with Crippen LogP contribution in [0.5, 0.6) is 11.5 Å². The molecule has 4 heteroatoms. The van der Waals surface area contributed by atoms with Gasteiger partial charge < -0.3 is 14.8 Å². The molecule has 0 aromatic heterocycles. The number of hydrogen-bond donors (Lipinski definition) is 1. The SMILES string of the molecule is CNC(CN(CC(C)C)C(C)C)c1ccc2c(c1)OCO2. The number of fused-ring (bicyclic) bond motifs is 1. The Bertz CT molecular complexity index is 460. The first kappa shape index (κ1) is 16.1. The van der Waals surface area contributed by atoms with E-state index in [1.807, 2.05) is 13.1 Å². The van der Waals surface area contributed by atoms with E-state index in [9.17, 15) is 0 Å². The molecule has 0 spiro atoms. The molecule has 1 aromatic carbocycles. The summed E-state index contributed by atoms with van der Waals surface area (Å²) < 4.78 is 10.9. The number of hydrogen-bond acceptors (Lipinski definition) is 4. The summed E-state index contributed by atoms with van der Waals surface area (Å²) in [6, 6.07) is 7.06. The monoisotopic (exact) mass is 292 g/mol. The fourth-order valence-electron chi connectivity index (χ4n) is 2.69. The van der Waals surface area contributed by atoms with E-state index in [0.717, 1.165) is 24.6 Å². The average molecular weight is 292 g/mol. The minimum absolute atomic E-state index is 0.292. The first-order chi connectivity index (χ1) is 10.0. The van der Waals surface area contributed by atoms with Crippen LogP contribution in [0, 0.1) is 5.92 Å². The van der Waals surface area contributed by atoms with Crippen LogP contribution in [-0.2, 0) is 0 Å². The molecule has 0 amide bonds. The third-order valence-electron chi connectivity index (χ3n) is 3.89. The van der Waals surface area contributed by atoms with Gasteiger partial charge in [0.2, 0.25) is 6.79 Å². The zero-order valence-corrected chi connectivity index (χ0v) is 13.8. The highest BCUT2D eigenvalue weighted by atomic mass is 16.7. The molecule has 1 aliphatic heterocycles. The van der Waals surface area contributed by atoms with E-state index in [0.29, 0.717) is 24.8 Å². The maximum absolute atomic E-state index is 5.49. The molecule has 0 fully saturated rings. The van der Waals surface area contributed by atoms with Crippen molar-refractivity contribution in [2.75, 3.05) is 26.9 Å². The molecule has 0 radical (unpaired) electrons. The largest absolute Gasteiger partial charge is 0.454 e. The molecule has 0 saturated heterocycles. The van der Waals surface area contributed by atoms with Crippen LogP contribution in [0.15, 0.2) is 18.2 Å². The Morgan fingerprint density at radius 2 is 1.81 bits per heavy atom. The lowest BCUT2D eigenvalue weighted by atomic mass is 10.0. The van der Waals surface area contributed by atoms with Crippen molar-refractivity contribution in [3.05, 3.63) is 23.8 Å². The molecule has 2 rings (SSSR count). The second kappa shape index (κ2) is 7.14. The van der Waals surface area contributed by atoms with E-state index < -0.39 is 0 Å². The highest BCUT2D eigenvalue weighted by Crippen LogP contribution is 2.34. The van der Waals surface area contributed by atoms with E-state index in [2.05, 4.69) is 50.0 Å². The van der Waals surface area contributed by atoms with Crippen LogP contribution in [0.25, 0.3) is 0 Å². The first-order valence-electron chi connectivity index (χ1n) is 7.82. The highest BCUT2D eigenvalue weighted by Gasteiger charge is 2.20. The lowest BCUT2D eigenvalue weighted by molar-refractivity contribution is 0.173. The van der Waals surface area contributed by atoms with Gasteiger partial charge in [0.15, 0.2) is 11.5 Å². The molecule has 1 N–H and O–H groups in total. The Morgan fingerprint density at radius 1 is 1.10 bits per heavy atom. The van der Waals surface area contributed by atoms with Gasteiger partial charge in [-0.2, -0.15) is 0 Å². The predicted octanol–water partition coefficient (Wildman–Crippen LogP) is 3.04. The van der Waals surface area contributed by atoms with E-state index in [1.165, 1.54) is 5.56 Å². The molecule has 1 unspecified atom stereocenters. The van der Waals surface area contributed by atoms with Crippen LogP contribution in [0.3, 0.4) is 0 Å². The number of benzene rings is 1. The minimum Gasteiger partial charge on any atom is -0.454 e. The minimum atomic E-state index is 0.292. The second-order valence-electron chi connectivity index (χ2n) is 6.40. The predicted molar refractivity (Wildman–Crippen MR) is 85.9 cm³/mol. The van der Waals surface area contributed by atoms with Gasteiger partial charge in [-0.25, -0.2) is 0 Å². The zero-order valence-electron chi connectivity index (χ0n) is 13.8. The molecule has 0 bridgehead atoms. The average Bonchev–Trinajstić information content (AvgIpc) is 2.89. The molecule has 1 atom stereocenters. The first-order valence-corrected chi connectivity index (χ1v) is 7.82. The van der Waals surface area contributed by atoms with Crippen molar-refractivity contribution >= 4 is 0 Å². The van der Waals surface area contributed by atoms with Gasteiger partial charge in [0.1, 0.15) is 0 Å². The van der Waals surface area contributed by atoms with Crippen molar-refractivity contribution < 1.29 is 9.47 Å². The second-order valence-corrected chi connectivity index (χ2v) is 6.40. The fraction of sp³-hybridized carbons (Fsp3) is 0.647. The summed E-state index contributed by atoms with van der Waals surface area (Å²) in [4.78, 5) is 2.52. The molecule has 1 heterocycles. The number of nitrogens with one attached hydrogen (secondary N) is 1. The van der Waals surface area contributed by atoms with E-state index in [4.69, 9.17) is 9.47 Å². The van der Waals surface area contributed by atoms with Gasteiger partial charge in [-0.3, -0.25) is 4.90 Å². The Morgan fingerprint density at radius 3 is 2.43 bits per heavy atom. The highest BCUT2D eigenvalue weighted by molar-refractivity contribution is 5.45. The summed E-state index contributed by atoms with van der Waals surface area (Å²) in [7, 11) is 2.02. The number of rotatable bonds is 7. The Kier molecular flexibility index (Phi) is 5.48. The van der Waals surface area contributed by atoms with Gasteiger partial charge in [-0.05, 0) is 44.5 Å². The zero-order chi connectivity index (χ0) is 15.4. The molecular weight excluding hydrogens is 264 g/mol. The van der Waals surface area contributed by atoms with Crippen molar-refractivity contribution in [1.29, 1.82) is 0 Å². The number of nitrogens with zero attached hydrogens (tertiary/aromatic N) is 1. The molecule has 0 aliphatic carbocycles. The van der Waals surface area contributed by atoms with Gasteiger partial charge in [0.25, 0.3) is 0 Å². The van der Waals surface area contributed by atoms with E-state index in [1.54, 1.807) is 0 Å². The third-order valence-corrected chi connectivity index (χ3v) is 3.89. The molecular formula is C17H28N2O2. The fourth-order valence-corrected chi connectivity index (χ4v) is 2.69. The van der Waals surface area contributed by atoms with Crippen LogP contribution in [-0.4, -0.2) is 37.9 Å². The molecule has 0 saturated carbocycles. The molecule has 21 heavy (non-hydrogen) atoms. The molecule has 1 aliphatic rings. The van der Waals surface area contributed by atoms with Gasteiger partial charge >= 0.3 is 0 Å². The summed E-state index contributed by atoms with van der Waals surface area (Å²) in [5, 5.41) is 3.43. The normalized spacial score (nSPS) is 15.2. The Hall–Kier alpha value is -1.26. The molecule has 1 aromatic rings. The van der Waals surface area contributed by atoms with Gasteiger partial charge in [-0.15, -0.1) is 0 Å². The van der Waals surface area contributed by atoms with Gasteiger partial charge in [-0.1, -0.05) is 19.9 Å². The Labute approximate surface area is 128 Å². The van der Waals surface area contributed by atoms with Crippen molar-refractivity contribution in [1.82, 2.24) is 10.2 Å². The van der Waals surface area contributed by atoms with E-state index >= 15 is 0 Å². The van der Waals surface area contributed by atoms with Crippen LogP contribution < -0.4 is 14.8 Å². The van der Waals surface area contributed by atoms with Crippen LogP contribution in [0.2, 0.25) is 0 Å². The van der Waals surface area contributed by atoms with E-state index in [-0.39, 0.29) is 0 Å². The summed E-state index contributed by atoms with van der Waals surface area (Å²) in [5.41, 5.74) is 1.25. The van der Waals surface area contributed by atoms with Crippen LogP contribution in [0.1, 0.15) is 39.3 Å². The number of ether oxygens (including phenoxy) is 2. The maximum Gasteiger partial charge on any atom is 0.231 e. The summed E-state index contributed by atoms with van der Waals surface area (Å²) >= 11 is 0. The van der Waals surface area contributed by atoms with Gasteiger partial charge in [0, 0.05) is 25.2 Å². The van der Waals surface area contributed by atoms with Gasteiger partial charge in [0.05, 0.1) is 0 Å². The lowest BCUT2D eigenvalue weighted by Crippen LogP contribution is -2.40. The quantitative estimate of drug-likeness (QED) is 0.837. The smallest absolute Gasteiger partial charge is 0.231 e. The maximum atomic E-state index is 5.49. The van der Waals surface area contributed by atoms with Crippen molar-refractivity contribution in [3.8, 4) is 11.5 Å². The van der Waals surface area contributed by atoms with Crippen LogP contribution in [0.4, 0.5) is 0 Å².